The van der Waals surface area contributed by atoms with Gasteiger partial charge in [-0.15, -0.1) is 0 Å². The van der Waals surface area contributed by atoms with E-state index < -0.39 is 0 Å². The van der Waals surface area contributed by atoms with Crippen LogP contribution in [-0.2, 0) is 0 Å². The fraction of sp³-hybridized carbons (Fsp3) is 0.571. The molecule has 2 unspecified atom stereocenters. The highest BCUT2D eigenvalue weighted by atomic mass is 35.5. The van der Waals surface area contributed by atoms with Crippen molar-refractivity contribution >= 4 is 11.6 Å². The lowest BCUT2D eigenvalue weighted by molar-refractivity contribution is 0.231. The Morgan fingerprint density at radius 2 is 2.35 bits per heavy atom. The lowest BCUT2D eigenvalue weighted by atomic mass is 10.0. The number of hydrogen-bond donors (Lipinski definition) is 1. The molecule has 1 heterocycles. The van der Waals surface area contributed by atoms with Crippen molar-refractivity contribution < 1.29 is 0 Å². The van der Waals surface area contributed by atoms with Crippen LogP contribution in [-0.4, -0.2) is 24.5 Å². The Kier molecular flexibility index (Phi) is 4.43. The van der Waals surface area contributed by atoms with E-state index in [0.29, 0.717) is 12.0 Å². The van der Waals surface area contributed by atoms with Crippen LogP contribution in [0.3, 0.4) is 0 Å². The molecule has 2 nitrogen and oxygen atoms in total. The van der Waals surface area contributed by atoms with Crippen molar-refractivity contribution in [2.24, 2.45) is 11.7 Å². The molecular formula is C14H21ClN2. The first-order valence-corrected chi connectivity index (χ1v) is 6.82. The molecule has 94 valence electrons. The van der Waals surface area contributed by atoms with Crippen molar-refractivity contribution in [2.45, 2.75) is 25.8 Å². The molecule has 0 spiro atoms. The Labute approximate surface area is 109 Å². The fourth-order valence-corrected chi connectivity index (χ4v) is 2.96. The summed E-state index contributed by atoms with van der Waals surface area (Å²) in [5.41, 5.74) is 7.08. The molecule has 17 heavy (non-hydrogen) atoms. The normalized spacial score (nSPS) is 22.9. The van der Waals surface area contributed by atoms with Gasteiger partial charge in [0.2, 0.25) is 0 Å². The molecule has 1 aliphatic rings. The largest absolute Gasteiger partial charge is 0.330 e. The van der Waals surface area contributed by atoms with Crippen molar-refractivity contribution in [3.63, 3.8) is 0 Å². The molecular weight excluding hydrogens is 232 g/mol. The van der Waals surface area contributed by atoms with Gasteiger partial charge in [0.05, 0.1) is 0 Å². The standard InChI is InChI=1S/C14H21ClN2/c1-2-14(12-4-3-5-13(15)8-12)17-7-6-11(9-16)10-17/h3-5,8,11,14H,2,6-7,9-10,16H2,1H3. The van der Waals surface area contributed by atoms with Crippen molar-refractivity contribution in [1.82, 2.24) is 4.90 Å². The summed E-state index contributed by atoms with van der Waals surface area (Å²) in [7, 11) is 0. The van der Waals surface area contributed by atoms with Gasteiger partial charge >= 0.3 is 0 Å². The first-order valence-electron chi connectivity index (χ1n) is 6.44. The first-order chi connectivity index (χ1) is 8.24. The van der Waals surface area contributed by atoms with E-state index >= 15 is 0 Å². The smallest absolute Gasteiger partial charge is 0.0409 e. The van der Waals surface area contributed by atoms with Gasteiger partial charge < -0.3 is 5.73 Å². The number of benzene rings is 1. The average molecular weight is 253 g/mol. The molecule has 2 N–H and O–H groups in total. The molecule has 0 amide bonds. The first kappa shape index (κ1) is 12.9. The van der Waals surface area contributed by atoms with Crippen molar-refractivity contribution in [3.05, 3.63) is 34.9 Å². The third-order valence-corrected chi connectivity index (χ3v) is 3.95. The molecule has 0 radical (unpaired) electrons. The highest BCUT2D eigenvalue weighted by molar-refractivity contribution is 6.30. The number of halogens is 1. The zero-order valence-corrected chi connectivity index (χ0v) is 11.2. The van der Waals surface area contributed by atoms with E-state index in [2.05, 4.69) is 24.0 Å². The van der Waals surface area contributed by atoms with Gasteiger partial charge in [0.1, 0.15) is 0 Å². The Morgan fingerprint density at radius 1 is 1.53 bits per heavy atom. The molecule has 3 heteroatoms. The van der Waals surface area contributed by atoms with E-state index in [1.54, 1.807) is 0 Å². The third-order valence-electron chi connectivity index (χ3n) is 3.71. The summed E-state index contributed by atoms with van der Waals surface area (Å²) in [4.78, 5) is 2.54. The fourth-order valence-electron chi connectivity index (χ4n) is 2.76. The van der Waals surface area contributed by atoms with Crippen molar-refractivity contribution in [2.75, 3.05) is 19.6 Å². The number of rotatable bonds is 4. The predicted octanol–water partition coefficient (Wildman–Crippen LogP) is 3.07. The Morgan fingerprint density at radius 3 is 2.94 bits per heavy atom. The molecule has 1 aliphatic heterocycles. The maximum Gasteiger partial charge on any atom is 0.0409 e. The van der Waals surface area contributed by atoms with Gasteiger partial charge in [-0.1, -0.05) is 30.7 Å². The second kappa shape index (κ2) is 5.85. The second-order valence-corrected chi connectivity index (χ2v) is 5.30. The molecule has 2 rings (SSSR count). The summed E-state index contributed by atoms with van der Waals surface area (Å²) < 4.78 is 0. The van der Waals surface area contributed by atoms with Crippen LogP contribution in [0.25, 0.3) is 0 Å². The molecule has 1 aromatic carbocycles. The predicted molar refractivity (Wildman–Crippen MR) is 73.2 cm³/mol. The minimum atomic E-state index is 0.491. The highest BCUT2D eigenvalue weighted by Crippen LogP contribution is 2.30. The Bertz CT molecular complexity index is 367. The zero-order valence-electron chi connectivity index (χ0n) is 10.4. The maximum absolute atomic E-state index is 6.07. The minimum absolute atomic E-state index is 0.491. The Hall–Kier alpha value is -0.570. The topological polar surface area (TPSA) is 29.3 Å². The van der Waals surface area contributed by atoms with Crippen LogP contribution in [0.15, 0.2) is 24.3 Å². The summed E-state index contributed by atoms with van der Waals surface area (Å²) >= 11 is 6.07. The van der Waals surface area contributed by atoms with E-state index in [9.17, 15) is 0 Å². The molecule has 1 aromatic rings. The Balaban J connectivity index is 2.11. The van der Waals surface area contributed by atoms with E-state index in [-0.39, 0.29) is 0 Å². The van der Waals surface area contributed by atoms with Crippen LogP contribution in [0.1, 0.15) is 31.4 Å². The number of nitrogens with zero attached hydrogens (tertiary/aromatic N) is 1. The molecule has 0 bridgehead atoms. The van der Waals surface area contributed by atoms with Crippen LogP contribution in [0.2, 0.25) is 5.02 Å². The van der Waals surface area contributed by atoms with E-state index in [1.807, 2.05) is 12.1 Å². The highest BCUT2D eigenvalue weighted by Gasteiger charge is 2.27. The minimum Gasteiger partial charge on any atom is -0.330 e. The summed E-state index contributed by atoms with van der Waals surface area (Å²) in [5, 5.41) is 0.829. The summed E-state index contributed by atoms with van der Waals surface area (Å²) in [5.74, 6) is 0.670. The van der Waals surface area contributed by atoms with Gasteiger partial charge in [0.15, 0.2) is 0 Å². The summed E-state index contributed by atoms with van der Waals surface area (Å²) in [6.07, 6.45) is 2.35. The molecule has 1 fully saturated rings. The third kappa shape index (κ3) is 3.01. The number of hydrogen-bond acceptors (Lipinski definition) is 2. The van der Waals surface area contributed by atoms with E-state index in [4.69, 9.17) is 17.3 Å². The van der Waals surface area contributed by atoms with Gasteiger partial charge in [0.25, 0.3) is 0 Å². The van der Waals surface area contributed by atoms with Crippen LogP contribution >= 0.6 is 11.6 Å². The van der Waals surface area contributed by atoms with Crippen LogP contribution in [0.4, 0.5) is 0 Å². The van der Waals surface area contributed by atoms with Crippen LogP contribution in [0, 0.1) is 5.92 Å². The van der Waals surface area contributed by atoms with Crippen molar-refractivity contribution in [1.29, 1.82) is 0 Å². The molecule has 0 aliphatic carbocycles. The quantitative estimate of drug-likeness (QED) is 0.893. The molecule has 0 saturated carbocycles. The van der Waals surface area contributed by atoms with Crippen LogP contribution in [0.5, 0.6) is 0 Å². The van der Waals surface area contributed by atoms with E-state index in [1.165, 1.54) is 12.0 Å². The van der Waals surface area contributed by atoms with Gasteiger partial charge in [0, 0.05) is 17.6 Å². The van der Waals surface area contributed by atoms with Crippen LogP contribution < -0.4 is 5.73 Å². The van der Waals surface area contributed by atoms with E-state index in [0.717, 1.165) is 31.1 Å². The SMILES string of the molecule is CCC(c1cccc(Cl)c1)N1CCC(CN)C1. The number of likely N-dealkylation sites (tertiary alicyclic amines) is 1. The molecule has 0 aromatic heterocycles. The monoisotopic (exact) mass is 252 g/mol. The average Bonchev–Trinajstić information content (AvgIpc) is 2.79. The summed E-state index contributed by atoms with van der Waals surface area (Å²) in [6.45, 7) is 5.33. The maximum atomic E-state index is 6.07. The molecule has 1 saturated heterocycles. The van der Waals surface area contributed by atoms with Gasteiger partial charge in [-0.25, -0.2) is 0 Å². The molecule has 2 atom stereocenters. The zero-order chi connectivity index (χ0) is 12.3. The van der Waals surface area contributed by atoms with Gasteiger partial charge in [-0.05, 0) is 49.5 Å². The number of nitrogens with two attached hydrogens (primary N) is 1. The van der Waals surface area contributed by atoms with Gasteiger partial charge in [-0.2, -0.15) is 0 Å². The lowest BCUT2D eigenvalue weighted by Crippen LogP contribution is -2.27. The van der Waals surface area contributed by atoms with Gasteiger partial charge in [-0.3, -0.25) is 4.90 Å². The lowest BCUT2D eigenvalue weighted by Gasteiger charge is -2.27. The summed E-state index contributed by atoms with van der Waals surface area (Å²) in [6, 6.07) is 8.73. The second-order valence-electron chi connectivity index (χ2n) is 4.86. The van der Waals surface area contributed by atoms with Crippen molar-refractivity contribution in [3.8, 4) is 0 Å².